The van der Waals surface area contributed by atoms with Crippen molar-refractivity contribution >= 4 is 5.91 Å². The van der Waals surface area contributed by atoms with Crippen molar-refractivity contribution in [3.05, 3.63) is 24.1 Å². The molecule has 0 aliphatic rings. The lowest BCUT2D eigenvalue weighted by atomic mass is 10.2. The maximum absolute atomic E-state index is 11.5. The molecule has 1 amide bonds. The second-order valence-corrected chi connectivity index (χ2v) is 5.28. The van der Waals surface area contributed by atoms with Crippen LogP contribution in [-0.4, -0.2) is 36.8 Å². The van der Waals surface area contributed by atoms with Gasteiger partial charge in [-0.25, -0.2) is 0 Å². The van der Waals surface area contributed by atoms with Gasteiger partial charge in [0.2, 0.25) is 17.6 Å². The molecule has 24 heavy (non-hydrogen) atoms. The number of hydrogen-bond acceptors (Lipinski definition) is 6. The highest BCUT2D eigenvalue weighted by molar-refractivity contribution is 5.75. The molecule has 0 saturated carbocycles. The van der Waals surface area contributed by atoms with E-state index in [1.165, 1.54) is 0 Å². The van der Waals surface area contributed by atoms with Crippen LogP contribution in [0.1, 0.15) is 32.1 Å². The minimum atomic E-state index is 0.0523. The fourth-order valence-electron chi connectivity index (χ4n) is 2.20. The molecule has 0 fully saturated rings. The minimum Gasteiger partial charge on any atom is -0.493 e. The first-order chi connectivity index (χ1) is 11.7. The Labute approximate surface area is 141 Å². The highest BCUT2D eigenvalue weighted by Crippen LogP contribution is 2.31. The fourth-order valence-corrected chi connectivity index (χ4v) is 2.20. The van der Waals surface area contributed by atoms with E-state index in [4.69, 9.17) is 14.0 Å². The lowest BCUT2D eigenvalue weighted by Gasteiger charge is -2.07. The molecule has 0 radical (unpaired) electrons. The van der Waals surface area contributed by atoms with E-state index in [2.05, 4.69) is 15.5 Å². The first-order valence-corrected chi connectivity index (χ1v) is 7.99. The van der Waals surface area contributed by atoms with Gasteiger partial charge in [-0.15, -0.1) is 0 Å². The molecule has 1 aromatic heterocycles. The van der Waals surface area contributed by atoms with Crippen LogP contribution in [0.3, 0.4) is 0 Å². The third kappa shape index (κ3) is 4.71. The van der Waals surface area contributed by atoms with Gasteiger partial charge in [-0.2, -0.15) is 4.98 Å². The molecule has 1 heterocycles. The molecule has 0 bridgehead atoms. The number of aromatic nitrogens is 2. The van der Waals surface area contributed by atoms with E-state index in [-0.39, 0.29) is 5.91 Å². The average Bonchev–Trinajstić information content (AvgIpc) is 3.08. The Hall–Kier alpha value is -2.57. The summed E-state index contributed by atoms with van der Waals surface area (Å²) in [5, 5.41) is 6.82. The Morgan fingerprint density at radius 1 is 1.25 bits per heavy atom. The molecular formula is C17H23N3O4. The molecule has 0 aliphatic carbocycles. The summed E-state index contributed by atoms with van der Waals surface area (Å²) in [6.45, 7) is 2.73. The van der Waals surface area contributed by atoms with Crippen molar-refractivity contribution in [3.63, 3.8) is 0 Å². The van der Waals surface area contributed by atoms with Crippen molar-refractivity contribution in [1.82, 2.24) is 15.5 Å². The molecule has 0 unspecified atom stereocenters. The zero-order valence-corrected chi connectivity index (χ0v) is 14.3. The van der Waals surface area contributed by atoms with E-state index in [1.807, 2.05) is 13.0 Å². The van der Waals surface area contributed by atoms with Gasteiger partial charge in [0.25, 0.3) is 0 Å². The van der Waals surface area contributed by atoms with E-state index in [0.717, 1.165) is 12.0 Å². The number of nitrogens with one attached hydrogen (secondary N) is 1. The average molecular weight is 333 g/mol. The maximum atomic E-state index is 11.5. The number of carbonyl (C=O) groups excluding carboxylic acids is 1. The Kier molecular flexibility index (Phi) is 6.60. The van der Waals surface area contributed by atoms with E-state index < -0.39 is 0 Å². The number of carbonyl (C=O) groups is 1. The normalized spacial score (nSPS) is 10.5. The van der Waals surface area contributed by atoms with E-state index >= 15 is 0 Å². The van der Waals surface area contributed by atoms with Crippen molar-refractivity contribution in [2.24, 2.45) is 0 Å². The molecule has 2 aromatic rings. The minimum absolute atomic E-state index is 0.0523. The van der Waals surface area contributed by atoms with Crippen LogP contribution in [-0.2, 0) is 11.2 Å². The van der Waals surface area contributed by atoms with Gasteiger partial charge >= 0.3 is 0 Å². The number of amides is 1. The highest BCUT2D eigenvalue weighted by Gasteiger charge is 2.12. The molecule has 0 atom stereocenters. The van der Waals surface area contributed by atoms with Crippen LogP contribution in [0.5, 0.6) is 11.5 Å². The van der Waals surface area contributed by atoms with Crippen LogP contribution >= 0.6 is 0 Å². The van der Waals surface area contributed by atoms with Crippen LogP contribution in [0.4, 0.5) is 0 Å². The predicted octanol–water partition coefficient (Wildman–Crippen LogP) is 2.60. The molecule has 130 valence electrons. The van der Waals surface area contributed by atoms with Gasteiger partial charge in [0, 0.05) is 24.9 Å². The third-order valence-corrected chi connectivity index (χ3v) is 3.48. The Morgan fingerprint density at radius 2 is 2.04 bits per heavy atom. The standard InChI is InChI=1S/C17H23N3O4/c1-4-10-18-15(21)6-5-7-16-19-17(20-24-16)12-8-9-13(22-2)14(11-12)23-3/h8-9,11H,4-7,10H2,1-3H3,(H,18,21). The van der Waals surface area contributed by atoms with Gasteiger partial charge in [0.05, 0.1) is 14.2 Å². The van der Waals surface area contributed by atoms with Crippen LogP contribution < -0.4 is 14.8 Å². The molecule has 7 nitrogen and oxygen atoms in total. The van der Waals surface area contributed by atoms with Gasteiger partial charge in [-0.1, -0.05) is 12.1 Å². The topological polar surface area (TPSA) is 86.5 Å². The zero-order valence-electron chi connectivity index (χ0n) is 14.3. The second kappa shape index (κ2) is 8.90. The van der Waals surface area contributed by atoms with E-state index in [1.54, 1.807) is 26.4 Å². The van der Waals surface area contributed by atoms with Crippen molar-refractivity contribution < 1.29 is 18.8 Å². The van der Waals surface area contributed by atoms with Gasteiger partial charge in [-0.05, 0) is 31.0 Å². The number of rotatable bonds is 9. The summed E-state index contributed by atoms with van der Waals surface area (Å²) in [7, 11) is 3.16. The summed E-state index contributed by atoms with van der Waals surface area (Å²) in [6.07, 6.45) is 2.63. The monoisotopic (exact) mass is 333 g/mol. The van der Waals surface area contributed by atoms with Gasteiger partial charge < -0.3 is 19.3 Å². The van der Waals surface area contributed by atoms with Crippen molar-refractivity contribution in [2.75, 3.05) is 20.8 Å². The predicted molar refractivity (Wildman–Crippen MR) is 89.1 cm³/mol. The molecule has 7 heteroatoms. The number of methoxy groups -OCH3 is 2. The smallest absolute Gasteiger partial charge is 0.226 e. The third-order valence-electron chi connectivity index (χ3n) is 3.48. The lowest BCUT2D eigenvalue weighted by Crippen LogP contribution is -2.23. The SMILES string of the molecule is CCCNC(=O)CCCc1nc(-c2ccc(OC)c(OC)c2)no1. The summed E-state index contributed by atoms with van der Waals surface area (Å²) < 4.78 is 15.7. The number of benzene rings is 1. The summed E-state index contributed by atoms with van der Waals surface area (Å²) in [5.41, 5.74) is 0.781. The van der Waals surface area contributed by atoms with Crippen LogP contribution in [0.2, 0.25) is 0 Å². The van der Waals surface area contributed by atoms with Crippen molar-refractivity contribution in [2.45, 2.75) is 32.6 Å². The van der Waals surface area contributed by atoms with Gasteiger partial charge in [0.1, 0.15) is 0 Å². The number of aryl methyl sites for hydroxylation is 1. The number of ether oxygens (including phenoxy) is 2. The highest BCUT2D eigenvalue weighted by atomic mass is 16.5. The lowest BCUT2D eigenvalue weighted by molar-refractivity contribution is -0.121. The molecule has 2 rings (SSSR count). The second-order valence-electron chi connectivity index (χ2n) is 5.28. The molecule has 1 N–H and O–H groups in total. The molecular weight excluding hydrogens is 310 g/mol. The zero-order chi connectivity index (χ0) is 17.4. The van der Waals surface area contributed by atoms with Crippen LogP contribution in [0.25, 0.3) is 11.4 Å². The van der Waals surface area contributed by atoms with Gasteiger partial charge in [0.15, 0.2) is 11.5 Å². The summed E-state index contributed by atoms with van der Waals surface area (Å²) in [4.78, 5) is 15.9. The quantitative estimate of drug-likeness (QED) is 0.759. The van der Waals surface area contributed by atoms with Crippen LogP contribution in [0.15, 0.2) is 22.7 Å². The van der Waals surface area contributed by atoms with Gasteiger partial charge in [-0.3, -0.25) is 4.79 Å². The first-order valence-electron chi connectivity index (χ1n) is 7.99. The Bertz CT molecular complexity index is 670. The number of nitrogens with zero attached hydrogens (tertiary/aromatic N) is 2. The largest absolute Gasteiger partial charge is 0.493 e. The fraction of sp³-hybridized carbons (Fsp3) is 0.471. The summed E-state index contributed by atoms with van der Waals surface area (Å²) in [6, 6.07) is 5.43. The van der Waals surface area contributed by atoms with Crippen LogP contribution in [0, 0.1) is 0 Å². The Balaban J connectivity index is 1.94. The van der Waals surface area contributed by atoms with E-state index in [9.17, 15) is 4.79 Å². The summed E-state index contributed by atoms with van der Waals surface area (Å²) >= 11 is 0. The molecule has 0 aliphatic heterocycles. The van der Waals surface area contributed by atoms with Crippen molar-refractivity contribution in [1.29, 1.82) is 0 Å². The molecule has 0 spiro atoms. The van der Waals surface area contributed by atoms with E-state index in [0.29, 0.717) is 49.0 Å². The molecule has 1 aromatic carbocycles. The first kappa shape index (κ1) is 17.8. The maximum Gasteiger partial charge on any atom is 0.226 e. The Morgan fingerprint density at radius 3 is 2.75 bits per heavy atom. The van der Waals surface area contributed by atoms with Crippen molar-refractivity contribution in [3.8, 4) is 22.9 Å². The molecule has 0 saturated heterocycles. The summed E-state index contributed by atoms with van der Waals surface area (Å²) in [5.74, 6) is 2.30. The number of hydrogen-bond donors (Lipinski definition) is 1.